The molecule has 0 atom stereocenters. The molecule has 0 spiro atoms. The summed E-state index contributed by atoms with van der Waals surface area (Å²) in [6.07, 6.45) is 2.42. The summed E-state index contributed by atoms with van der Waals surface area (Å²) in [6.45, 7) is 5.21. The third kappa shape index (κ3) is 3.76. The number of thioether (sulfide) groups is 1. The zero-order valence-corrected chi connectivity index (χ0v) is 11.0. The molecular weight excluding hydrogens is 236 g/mol. The van der Waals surface area contributed by atoms with E-state index < -0.39 is 0 Å². The molecule has 0 aromatic carbocycles. The molecule has 0 bridgehead atoms. The second kappa shape index (κ2) is 6.47. The van der Waals surface area contributed by atoms with Crippen molar-refractivity contribution in [1.29, 1.82) is 0 Å². The fourth-order valence-corrected chi connectivity index (χ4v) is 3.58. The van der Waals surface area contributed by atoms with Crippen LogP contribution >= 0.6 is 11.8 Å². The number of hydrogen-bond donors (Lipinski definition) is 2. The summed E-state index contributed by atoms with van der Waals surface area (Å²) < 4.78 is 0. The molecular formula is C11H22N4OS. The Hall–Kier alpha value is -0.460. The highest BCUT2D eigenvalue weighted by molar-refractivity contribution is 7.99. The van der Waals surface area contributed by atoms with E-state index in [9.17, 15) is 0 Å². The Morgan fingerprint density at radius 1 is 1.24 bits per heavy atom. The zero-order chi connectivity index (χ0) is 12.1. The van der Waals surface area contributed by atoms with Gasteiger partial charge in [-0.15, -0.1) is 0 Å². The molecule has 2 heterocycles. The van der Waals surface area contributed by atoms with Crippen LogP contribution < -0.4 is 5.73 Å². The molecule has 0 unspecified atom stereocenters. The lowest BCUT2D eigenvalue weighted by atomic mass is 10.0. The third-order valence-electron chi connectivity index (χ3n) is 3.63. The number of nitrogens with two attached hydrogens (primary N) is 1. The quantitative estimate of drug-likeness (QED) is 0.329. The Kier molecular flexibility index (Phi) is 4.94. The van der Waals surface area contributed by atoms with Crippen molar-refractivity contribution in [3.63, 3.8) is 0 Å². The molecule has 0 aromatic rings. The van der Waals surface area contributed by atoms with Crippen LogP contribution in [0.15, 0.2) is 5.16 Å². The lowest BCUT2D eigenvalue weighted by molar-refractivity contribution is 0.124. The molecule has 5 nitrogen and oxygen atoms in total. The van der Waals surface area contributed by atoms with Gasteiger partial charge in [0.2, 0.25) is 0 Å². The van der Waals surface area contributed by atoms with Crippen molar-refractivity contribution >= 4 is 17.6 Å². The zero-order valence-electron chi connectivity index (χ0n) is 10.2. The average Bonchev–Trinajstić information content (AvgIpc) is 2.40. The summed E-state index contributed by atoms with van der Waals surface area (Å²) in [7, 11) is 0. The molecule has 0 amide bonds. The van der Waals surface area contributed by atoms with Crippen LogP contribution in [0.25, 0.3) is 0 Å². The lowest BCUT2D eigenvalue weighted by Crippen LogP contribution is -2.49. The van der Waals surface area contributed by atoms with Crippen molar-refractivity contribution < 1.29 is 5.21 Å². The molecule has 2 aliphatic rings. The molecule has 0 radical (unpaired) electrons. The van der Waals surface area contributed by atoms with E-state index in [-0.39, 0.29) is 0 Å². The van der Waals surface area contributed by atoms with E-state index in [4.69, 9.17) is 10.9 Å². The summed E-state index contributed by atoms with van der Waals surface area (Å²) in [5.41, 5.74) is 5.53. The molecule has 0 aliphatic carbocycles. The normalized spacial score (nSPS) is 26.2. The number of hydrogen-bond acceptors (Lipinski definition) is 5. The molecule has 0 saturated carbocycles. The highest BCUT2D eigenvalue weighted by atomic mass is 32.2. The number of oxime groups is 1. The summed E-state index contributed by atoms with van der Waals surface area (Å²) >= 11 is 2.06. The van der Waals surface area contributed by atoms with Gasteiger partial charge < -0.3 is 10.9 Å². The van der Waals surface area contributed by atoms with Gasteiger partial charge in [-0.25, -0.2) is 0 Å². The summed E-state index contributed by atoms with van der Waals surface area (Å²) in [5.74, 6) is 2.88. The second-order valence-corrected chi connectivity index (χ2v) is 5.97. The standard InChI is InChI=1S/C11H22N4OS/c12-11(13-16)9-14-3-1-10(2-4-14)15-5-7-17-8-6-15/h10,16H,1-9H2,(H2,12,13). The summed E-state index contributed by atoms with van der Waals surface area (Å²) in [6, 6.07) is 0.749. The molecule has 2 fully saturated rings. The molecule has 17 heavy (non-hydrogen) atoms. The summed E-state index contributed by atoms with van der Waals surface area (Å²) in [5, 5.41) is 11.6. The van der Waals surface area contributed by atoms with Crippen LogP contribution in [0.1, 0.15) is 12.8 Å². The minimum absolute atomic E-state index is 0.317. The van der Waals surface area contributed by atoms with Crippen molar-refractivity contribution in [1.82, 2.24) is 9.80 Å². The molecule has 2 rings (SSSR count). The van der Waals surface area contributed by atoms with E-state index in [2.05, 4.69) is 26.7 Å². The van der Waals surface area contributed by atoms with Crippen molar-refractivity contribution in [3.8, 4) is 0 Å². The van der Waals surface area contributed by atoms with Crippen molar-refractivity contribution in [2.24, 2.45) is 10.9 Å². The number of rotatable bonds is 3. The van der Waals surface area contributed by atoms with E-state index in [0.717, 1.165) is 19.1 Å². The monoisotopic (exact) mass is 258 g/mol. The fraction of sp³-hybridized carbons (Fsp3) is 0.909. The SMILES string of the molecule is N/C(CN1CCC(N2CCSCC2)CC1)=N\O. The Balaban J connectivity index is 1.73. The van der Waals surface area contributed by atoms with Crippen LogP contribution in [0.2, 0.25) is 0 Å². The predicted octanol–water partition coefficient (Wildman–Crippen LogP) is 0.246. The predicted molar refractivity (Wildman–Crippen MR) is 71.8 cm³/mol. The minimum Gasteiger partial charge on any atom is -0.409 e. The van der Waals surface area contributed by atoms with Crippen LogP contribution in [0.5, 0.6) is 0 Å². The Labute approximate surface area is 107 Å². The Bertz CT molecular complexity index is 260. The van der Waals surface area contributed by atoms with Crippen LogP contribution in [-0.4, -0.2) is 71.1 Å². The van der Waals surface area contributed by atoms with E-state index in [0.29, 0.717) is 12.4 Å². The smallest absolute Gasteiger partial charge is 0.153 e. The molecule has 0 aromatic heterocycles. The fourth-order valence-electron chi connectivity index (χ4n) is 2.65. The maximum Gasteiger partial charge on any atom is 0.153 e. The average molecular weight is 258 g/mol. The first-order valence-electron chi connectivity index (χ1n) is 6.30. The topological polar surface area (TPSA) is 65.1 Å². The molecule has 98 valence electrons. The van der Waals surface area contributed by atoms with E-state index >= 15 is 0 Å². The number of piperidine rings is 1. The van der Waals surface area contributed by atoms with Crippen molar-refractivity contribution in [2.45, 2.75) is 18.9 Å². The van der Waals surface area contributed by atoms with E-state index in [1.165, 1.54) is 37.4 Å². The van der Waals surface area contributed by atoms with Crippen molar-refractivity contribution in [2.75, 3.05) is 44.2 Å². The number of nitrogens with zero attached hydrogens (tertiary/aromatic N) is 3. The first kappa shape index (κ1) is 13.0. The number of likely N-dealkylation sites (tertiary alicyclic amines) is 1. The van der Waals surface area contributed by atoms with Crippen LogP contribution in [0.3, 0.4) is 0 Å². The molecule has 3 N–H and O–H groups in total. The van der Waals surface area contributed by atoms with Gasteiger partial charge in [-0.3, -0.25) is 9.80 Å². The van der Waals surface area contributed by atoms with Gasteiger partial charge in [-0.2, -0.15) is 11.8 Å². The first-order chi connectivity index (χ1) is 8.29. The minimum atomic E-state index is 0.317. The van der Waals surface area contributed by atoms with Gasteiger partial charge >= 0.3 is 0 Å². The van der Waals surface area contributed by atoms with Gasteiger partial charge in [0.05, 0.1) is 6.54 Å². The highest BCUT2D eigenvalue weighted by Gasteiger charge is 2.25. The molecule has 2 saturated heterocycles. The summed E-state index contributed by atoms with van der Waals surface area (Å²) in [4.78, 5) is 4.90. The van der Waals surface area contributed by atoms with Crippen LogP contribution in [0, 0.1) is 0 Å². The first-order valence-corrected chi connectivity index (χ1v) is 7.45. The van der Waals surface area contributed by atoms with Crippen LogP contribution in [0.4, 0.5) is 0 Å². The molecule has 2 aliphatic heterocycles. The van der Waals surface area contributed by atoms with E-state index in [1.54, 1.807) is 0 Å². The van der Waals surface area contributed by atoms with Gasteiger partial charge in [0, 0.05) is 43.7 Å². The lowest BCUT2D eigenvalue weighted by Gasteiger charge is -2.39. The number of amidine groups is 1. The van der Waals surface area contributed by atoms with E-state index in [1.807, 2.05) is 0 Å². The van der Waals surface area contributed by atoms with Gasteiger partial charge in [0.15, 0.2) is 5.84 Å². The maximum atomic E-state index is 8.55. The second-order valence-electron chi connectivity index (χ2n) is 4.75. The van der Waals surface area contributed by atoms with Gasteiger partial charge in [-0.05, 0) is 12.8 Å². The van der Waals surface area contributed by atoms with Gasteiger partial charge in [0.25, 0.3) is 0 Å². The highest BCUT2D eigenvalue weighted by Crippen LogP contribution is 2.20. The molecule has 6 heteroatoms. The van der Waals surface area contributed by atoms with Crippen molar-refractivity contribution in [3.05, 3.63) is 0 Å². The third-order valence-corrected chi connectivity index (χ3v) is 4.58. The largest absolute Gasteiger partial charge is 0.409 e. The van der Waals surface area contributed by atoms with Gasteiger partial charge in [-0.1, -0.05) is 5.16 Å². The van der Waals surface area contributed by atoms with Crippen LogP contribution in [-0.2, 0) is 0 Å². The Morgan fingerprint density at radius 3 is 2.47 bits per heavy atom. The Morgan fingerprint density at radius 2 is 1.88 bits per heavy atom. The maximum absolute atomic E-state index is 8.55. The van der Waals surface area contributed by atoms with Gasteiger partial charge in [0.1, 0.15) is 0 Å².